The van der Waals surface area contributed by atoms with Crippen molar-refractivity contribution in [2.24, 2.45) is 7.05 Å². The molecule has 18 heavy (non-hydrogen) atoms. The van der Waals surface area contributed by atoms with Crippen LogP contribution in [-0.4, -0.2) is 35.0 Å². The molecule has 0 fully saturated rings. The Labute approximate surface area is 110 Å². The van der Waals surface area contributed by atoms with Crippen LogP contribution in [0.4, 0.5) is 0 Å². The summed E-state index contributed by atoms with van der Waals surface area (Å²) in [6.45, 7) is 1.87. The van der Waals surface area contributed by atoms with Gasteiger partial charge in [0.2, 0.25) is 0 Å². The van der Waals surface area contributed by atoms with Gasteiger partial charge in [-0.05, 0) is 6.42 Å². The third kappa shape index (κ3) is 3.71. The van der Waals surface area contributed by atoms with Crippen LogP contribution >= 0.6 is 11.6 Å². The van der Waals surface area contributed by atoms with Crippen molar-refractivity contribution in [3.63, 3.8) is 0 Å². The average molecular weight is 295 g/mol. The van der Waals surface area contributed by atoms with Crippen molar-refractivity contribution in [1.82, 2.24) is 9.78 Å². The summed E-state index contributed by atoms with van der Waals surface area (Å²) in [7, 11) is -1.88. The number of nitrogens with zero attached hydrogens (tertiary/aromatic N) is 2. The van der Waals surface area contributed by atoms with Gasteiger partial charge in [0, 0.05) is 7.05 Å². The minimum atomic E-state index is -3.50. The molecule has 0 spiro atoms. The molecule has 8 heteroatoms. The summed E-state index contributed by atoms with van der Waals surface area (Å²) in [4.78, 5) is 10.4. The molecule has 0 aromatic carbocycles. The van der Waals surface area contributed by atoms with Crippen LogP contribution in [0.2, 0.25) is 5.02 Å². The van der Waals surface area contributed by atoms with Gasteiger partial charge in [0.15, 0.2) is 9.84 Å². The average Bonchev–Trinajstić information content (AvgIpc) is 2.54. The number of aryl methyl sites for hydroxylation is 2. The summed E-state index contributed by atoms with van der Waals surface area (Å²) in [6, 6.07) is 0. The minimum Gasteiger partial charge on any atom is -0.481 e. The van der Waals surface area contributed by atoms with E-state index in [0.29, 0.717) is 22.8 Å². The number of aromatic nitrogens is 2. The van der Waals surface area contributed by atoms with E-state index < -0.39 is 28.0 Å². The van der Waals surface area contributed by atoms with Gasteiger partial charge in [-0.3, -0.25) is 9.48 Å². The fourth-order valence-electron chi connectivity index (χ4n) is 1.50. The van der Waals surface area contributed by atoms with Crippen molar-refractivity contribution in [3.05, 3.63) is 16.4 Å². The van der Waals surface area contributed by atoms with Gasteiger partial charge in [-0.15, -0.1) is 0 Å². The highest BCUT2D eigenvalue weighted by molar-refractivity contribution is 7.90. The topological polar surface area (TPSA) is 89.3 Å². The van der Waals surface area contributed by atoms with Crippen molar-refractivity contribution >= 4 is 27.4 Å². The smallest absolute Gasteiger partial charge is 0.304 e. The van der Waals surface area contributed by atoms with Crippen LogP contribution in [0.1, 0.15) is 24.7 Å². The lowest BCUT2D eigenvalue weighted by Gasteiger charge is -2.04. The van der Waals surface area contributed by atoms with Gasteiger partial charge in [0.25, 0.3) is 0 Å². The number of sulfone groups is 1. The van der Waals surface area contributed by atoms with Crippen LogP contribution in [0.3, 0.4) is 0 Å². The van der Waals surface area contributed by atoms with E-state index in [9.17, 15) is 13.2 Å². The molecule has 0 radical (unpaired) electrons. The second-order valence-corrected chi connectivity index (χ2v) is 6.48. The molecule has 6 nitrogen and oxygen atoms in total. The van der Waals surface area contributed by atoms with E-state index in [1.807, 2.05) is 6.92 Å². The molecule has 1 aromatic rings. The SMILES string of the molecule is CCc1nn(C)c(CS(=O)(=O)CCC(=O)O)c1Cl. The molecule has 0 aliphatic rings. The van der Waals surface area contributed by atoms with Crippen LogP contribution in [0, 0.1) is 0 Å². The normalized spacial score (nSPS) is 11.7. The Morgan fingerprint density at radius 2 is 2.11 bits per heavy atom. The lowest BCUT2D eigenvalue weighted by molar-refractivity contribution is -0.136. The molecule has 0 bridgehead atoms. The Morgan fingerprint density at radius 3 is 2.56 bits per heavy atom. The molecule has 102 valence electrons. The largest absolute Gasteiger partial charge is 0.481 e. The predicted molar refractivity (Wildman–Crippen MR) is 67.3 cm³/mol. The first-order valence-corrected chi connectivity index (χ1v) is 7.59. The molecule has 0 aliphatic carbocycles. The number of carboxylic acid groups (broad SMARTS) is 1. The van der Waals surface area contributed by atoms with Crippen molar-refractivity contribution in [1.29, 1.82) is 0 Å². The summed E-state index contributed by atoms with van der Waals surface area (Å²) in [5.41, 5.74) is 1.04. The van der Waals surface area contributed by atoms with E-state index in [-0.39, 0.29) is 5.75 Å². The van der Waals surface area contributed by atoms with E-state index in [2.05, 4.69) is 5.10 Å². The van der Waals surface area contributed by atoms with Crippen molar-refractivity contribution < 1.29 is 18.3 Å². The summed E-state index contributed by atoms with van der Waals surface area (Å²) >= 11 is 6.03. The van der Waals surface area contributed by atoms with Crippen LogP contribution in [0.5, 0.6) is 0 Å². The van der Waals surface area contributed by atoms with Gasteiger partial charge in [0.1, 0.15) is 0 Å². The zero-order valence-corrected chi connectivity index (χ0v) is 11.8. The molecule has 0 saturated carbocycles. The first kappa shape index (κ1) is 15.0. The Kier molecular flexibility index (Phi) is 4.75. The molecular formula is C10H15ClN2O4S. The number of hydrogen-bond donors (Lipinski definition) is 1. The molecule has 0 amide bonds. The lowest BCUT2D eigenvalue weighted by Crippen LogP contribution is -2.15. The van der Waals surface area contributed by atoms with Crippen LogP contribution < -0.4 is 0 Å². The van der Waals surface area contributed by atoms with E-state index in [1.165, 1.54) is 4.68 Å². The molecule has 0 unspecified atom stereocenters. The van der Waals surface area contributed by atoms with E-state index >= 15 is 0 Å². The maximum Gasteiger partial charge on any atom is 0.304 e. The highest BCUT2D eigenvalue weighted by Crippen LogP contribution is 2.23. The zero-order valence-electron chi connectivity index (χ0n) is 10.2. The predicted octanol–water partition coefficient (Wildman–Crippen LogP) is 1.03. The second kappa shape index (κ2) is 5.71. The molecule has 1 rings (SSSR count). The second-order valence-electron chi connectivity index (χ2n) is 3.92. The molecule has 0 aliphatic heterocycles. The van der Waals surface area contributed by atoms with Gasteiger partial charge in [-0.2, -0.15) is 5.10 Å². The number of halogens is 1. The number of carboxylic acids is 1. The van der Waals surface area contributed by atoms with Gasteiger partial charge >= 0.3 is 5.97 Å². The highest BCUT2D eigenvalue weighted by atomic mass is 35.5. The summed E-state index contributed by atoms with van der Waals surface area (Å²) < 4.78 is 24.9. The Hall–Kier alpha value is -1.08. The Balaban J connectivity index is 2.90. The molecule has 1 heterocycles. The van der Waals surface area contributed by atoms with E-state index in [1.54, 1.807) is 7.05 Å². The number of hydrogen-bond acceptors (Lipinski definition) is 4. The standard InChI is InChI=1S/C10H15ClN2O4S/c1-3-7-10(11)8(13(2)12-7)6-18(16,17)5-4-9(14)15/h3-6H2,1-2H3,(H,14,15). The fourth-order valence-corrected chi connectivity index (χ4v) is 3.32. The van der Waals surface area contributed by atoms with Gasteiger partial charge in [0.05, 0.1) is 34.3 Å². The summed E-state index contributed by atoms with van der Waals surface area (Å²) in [5.74, 6) is -1.82. The van der Waals surface area contributed by atoms with Crippen molar-refractivity contribution in [2.45, 2.75) is 25.5 Å². The van der Waals surface area contributed by atoms with Crippen LogP contribution in [-0.2, 0) is 33.9 Å². The number of aliphatic carboxylic acids is 1. The molecule has 0 atom stereocenters. The zero-order chi connectivity index (χ0) is 13.9. The third-order valence-corrected chi connectivity index (χ3v) is 4.46. The lowest BCUT2D eigenvalue weighted by atomic mass is 10.3. The van der Waals surface area contributed by atoms with Crippen LogP contribution in [0.25, 0.3) is 0 Å². The molecular weight excluding hydrogens is 280 g/mol. The van der Waals surface area contributed by atoms with Gasteiger partial charge < -0.3 is 5.11 Å². The number of carbonyl (C=O) groups is 1. The third-order valence-electron chi connectivity index (χ3n) is 2.49. The van der Waals surface area contributed by atoms with Crippen molar-refractivity contribution in [3.8, 4) is 0 Å². The number of rotatable bonds is 6. The first-order valence-electron chi connectivity index (χ1n) is 5.39. The maximum absolute atomic E-state index is 11.7. The first-order chi connectivity index (χ1) is 8.26. The Morgan fingerprint density at radius 1 is 1.50 bits per heavy atom. The highest BCUT2D eigenvalue weighted by Gasteiger charge is 2.21. The quantitative estimate of drug-likeness (QED) is 0.846. The summed E-state index contributed by atoms with van der Waals surface area (Å²) in [6.07, 6.45) is 0.209. The van der Waals surface area contributed by atoms with E-state index in [4.69, 9.17) is 16.7 Å². The van der Waals surface area contributed by atoms with Gasteiger partial charge in [-0.1, -0.05) is 18.5 Å². The minimum absolute atomic E-state index is 0.289. The molecule has 0 saturated heterocycles. The van der Waals surface area contributed by atoms with Gasteiger partial charge in [-0.25, -0.2) is 8.42 Å². The van der Waals surface area contributed by atoms with Crippen LogP contribution in [0.15, 0.2) is 0 Å². The van der Waals surface area contributed by atoms with E-state index in [0.717, 1.165) is 0 Å². The molecule has 1 N–H and O–H groups in total. The Bertz CT molecular complexity index is 550. The van der Waals surface area contributed by atoms with Crippen molar-refractivity contribution in [2.75, 3.05) is 5.75 Å². The molecule has 1 aromatic heterocycles. The fraction of sp³-hybridized carbons (Fsp3) is 0.600. The summed E-state index contributed by atoms with van der Waals surface area (Å²) in [5, 5.41) is 12.9. The monoisotopic (exact) mass is 294 g/mol. The maximum atomic E-state index is 11.7.